The van der Waals surface area contributed by atoms with Gasteiger partial charge in [0.15, 0.2) is 5.82 Å². The molecular weight excluding hydrogens is 214 g/mol. The van der Waals surface area contributed by atoms with Gasteiger partial charge in [0.05, 0.1) is 24.0 Å². The Balaban J connectivity index is 2.11. The normalized spacial score (nSPS) is 10.9. The van der Waals surface area contributed by atoms with Crippen molar-refractivity contribution >= 4 is 10.9 Å². The minimum atomic E-state index is -0.0411. The molecule has 0 amide bonds. The number of aromatic amines is 1. The minimum Gasteiger partial charge on any atom is -0.390 e. The van der Waals surface area contributed by atoms with E-state index in [9.17, 15) is 0 Å². The molecule has 3 rings (SSSR count). The highest BCUT2D eigenvalue weighted by molar-refractivity contribution is 5.80. The summed E-state index contributed by atoms with van der Waals surface area (Å²) in [5, 5.41) is 10.1. The van der Waals surface area contributed by atoms with Crippen LogP contribution in [0.25, 0.3) is 22.4 Å². The molecule has 17 heavy (non-hydrogen) atoms. The number of fused-ring (bicyclic) bond motifs is 1. The van der Waals surface area contributed by atoms with Gasteiger partial charge in [-0.15, -0.1) is 0 Å². The van der Waals surface area contributed by atoms with E-state index in [1.165, 1.54) is 0 Å². The first kappa shape index (κ1) is 9.99. The van der Waals surface area contributed by atoms with E-state index in [4.69, 9.17) is 5.11 Å². The van der Waals surface area contributed by atoms with Gasteiger partial charge in [-0.3, -0.25) is 0 Å². The van der Waals surface area contributed by atoms with E-state index in [2.05, 4.69) is 15.0 Å². The predicted molar refractivity (Wildman–Crippen MR) is 65.2 cm³/mol. The van der Waals surface area contributed by atoms with Crippen molar-refractivity contribution in [3.8, 4) is 11.5 Å². The molecule has 2 heterocycles. The first-order valence-corrected chi connectivity index (χ1v) is 5.38. The number of nitrogens with zero attached hydrogens (tertiary/aromatic N) is 2. The third-order valence-corrected chi connectivity index (χ3v) is 2.64. The first-order chi connectivity index (χ1) is 8.36. The van der Waals surface area contributed by atoms with Crippen LogP contribution >= 0.6 is 0 Å². The molecule has 1 aromatic carbocycles. The molecule has 0 radical (unpaired) electrons. The second kappa shape index (κ2) is 3.99. The molecule has 2 N–H and O–H groups in total. The number of aromatic nitrogens is 3. The number of aliphatic hydroxyl groups is 1. The molecule has 4 nitrogen and oxygen atoms in total. The van der Waals surface area contributed by atoms with Crippen LogP contribution in [-0.2, 0) is 6.61 Å². The molecular formula is C13H11N3O. The average molecular weight is 225 g/mol. The zero-order valence-electron chi connectivity index (χ0n) is 9.09. The lowest BCUT2D eigenvalue weighted by Gasteiger charge is -1.99. The van der Waals surface area contributed by atoms with Gasteiger partial charge in [-0.1, -0.05) is 24.3 Å². The molecule has 0 aliphatic carbocycles. The fourth-order valence-corrected chi connectivity index (χ4v) is 1.77. The summed E-state index contributed by atoms with van der Waals surface area (Å²) in [5.41, 5.74) is 2.41. The molecule has 84 valence electrons. The van der Waals surface area contributed by atoms with Gasteiger partial charge in [-0.2, -0.15) is 0 Å². The molecule has 4 heteroatoms. The Labute approximate surface area is 98.0 Å². The fraction of sp³-hybridized carbons (Fsp3) is 0.0769. The molecule has 0 aliphatic rings. The third-order valence-electron chi connectivity index (χ3n) is 2.64. The number of benzene rings is 1. The Bertz CT molecular complexity index is 660. The molecule has 0 saturated heterocycles. The maximum absolute atomic E-state index is 8.98. The van der Waals surface area contributed by atoms with Gasteiger partial charge < -0.3 is 10.1 Å². The summed E-state index contributed by atoms with van der Waals surface area (Å²) in [6.45, 7) is -0.0411. The summed E-state index contributed by atoms with van der Waals surface area (Å²) in [4.78, 5) is 11.7. The summed E-state index contributed by atoms with van der Waals surface area (Å²) in [7, 11) is 0. The van der Waals surface area contributed by atoms with Crippen LogP contribution in [-0.4, -0.2) is 20.1 Å². The lowest BCUT2D eigenvalue weighted by Crippen LogP contribution is -1.88. The Morgan fingerprint density at radius 2 is 2.00 bits per heavy atom. The van der Waals surface area contributed by atoms with Crippen LogP contribution in [0.1, 0.15) is 5.69 Å². The first-order valence-electron chi connectivity index (χ1n) is 5.38. The summed E-state index contributed by atoms with van der Waals surface area (Å²) < 4.78 is 0. The predicted octanol–water partition coefficient (Wildman–Crippen LogP) is 2.12. The van der Waals surface area contributed by atoms with Crippen LogP contribution in [0.5, 0.6) is 0 Å². The Kier molecular flexibility index (Phi) is 2.34. The van der Waals surface area contributed by atoms with Crippen molar-refractivity contribution in [1.82, 2.24) is 15.0 Å². The second-order valence-corrected chi connectivity index (χ2v) is 3.80. The van der Waals surface area contributed by atoms with Crippen LogP contribution in [0.15, 0.2) is 42.6 Å². The van der Waals surface area contributed by atoms with Gasteiger partial charge in [0.25, 0.3) is 0 Å². The van der Waals surface area contributed by atoms with E-state index in [0.717, 1.165) is 16.6 Å². The number of para-hydroxylation sites is 1. The van der Waals surface area contributed by atoms with Crippen molar-refractivity contribution < 1.29 is 5.11 Å². The maximum atomic E-state index is 8.98. The number of hydrogen-bond donors (Lipinski definition) is 2. The third kappa shape index (κ3) is 1.79. The number of H-pyrrole nitrogens is 1. The van der Waals surface area contributed by atoms with Crippen molar-refractivity contribution in [3.63, 3.8) is 0 Å². The van der Waals surface area contributed by atoms with Gasteiger partial charge in [0, 0.05) is 5.39 Å². The average Bonchev–Trinajstić information content (AvgIpc) is 2.87. The molecule has 0 bridgehead atoms. The van der Waals surface area contributed by atoms with Gasteiger partial charge in [0.1, 0.15) is 5.69 Å². The number of rotatable bonds is 2. The standard InChI is InChI=1S/C13H11N3O/c17-8-10-7-14-13(15-10)12-6-5-9-3-1-2-4-11(9)16-12/h1-7,17H,8H2,(H,14,15). The number of imidazole rings is 1. The van der Waals surface area contributed by atoms with E-state index >= 15 is 0 Å². The topological polar surface area (TPSA) is 61.8 Å². The summed E-state index contributed by atoms with van der Waals surface area (Å²) in [5.74, 6) is 0.680. The minimum absolute atomic E-state index is 0.0411. The van der Waals surface area contributed by atoms with Crippen LogP contribution in [0, 0.1) is 0 Å². The smallest absolute Gasteiger partial charge is 0.156 e. The number of pyridine rings is 1. The van der Waals surface area contributed by atoms with Gasteiger partial charge >= 0.3 is 0 Å². The molecule has 0 atom stereocenters. The van der Waals surface area contributed by atoms with Crippen LogP contribution < -0.4 is 0 Å². The van der Waals surface area contributed by atoms with Gasteiger partial charge in [-0.25, -0.2) is 9.97 Å². The lowest BCUT2D eigenvalue weighted by atomic mass is 10.2. The maximum Gasteiger partial charge on any atom is 0.156 e. The van der Waals surface area contributed by atoms with Crippen LogP contribution in [0.4, 0.5) is 0 Å². The van der Waals surface area contributed by atoms with Gasteiger partial charge in [-0.05, 0) is 12.1 Å². The van der Waals surface area contributed by atoms with Crippen molar-refractivity contribution in [2.45, 2.75) is 6.61 Å². The second-order valence-electron chi connectivity index (χ2n) is 3.80. The summed E-state index contributed by atoms with van der Waals surface area (Å²) in [6.07, 6.45) is 1.62. The Morgan fingerprint density at radius 1 is 1.12 bits per heavy atom. The highest BCUT2D eigenvalue weighted by atomic mass is 16.3. The van der Waals surface area contributed by atoms with Crippen molar-refractivity contribution in [2.75, 3.05) is 0 Å². The van der Waals surface area contributed by atoms with E-state index in [1.54, 1.807) is 6.20 Å². The molecule has 2 aromatic heterocycles. The molecule has 0 unspecified atom stereocenters. The monoisotopic (exact) mass is 225 g/mol. The molecule has 3 aromatic rings. The van der Waals surface area contributed by atoms with E-state index < -0.39 is 0 Å². The largest absolute Gasteiger partial charge is 0.390 e. The molecule has 0 spiro atoms. The van der Waals surface area contributed by atoms with Crippen LogP contribution in [0.2, 0.25) is 0 Å². The van der Waals surface area contributed by atoms with E-state index in [0.29, 0.717) is 11.5 Å². The van der Waals surface area contributed by atoms with Gasteiger partial charge in [0.2, 0.25) is 0 Å². The fourth-order valence-electron chi connectivity index (χ4n) is 1.77. The number of aliphatic hydroxyl groups excluding tert-OH is 1. The SMILES string of the molecule is OCc1cnc(-c2ccc3ccccc3n2)[nH]1. The molecule has 0 saturated carbocycles. The van der Waals surface area contributed by atoms with Crippen molar-refractivity contribution in [3.05, 3.63) is 48.3 Å². The number of hydrogen-bond acceptors (Lipinski definition) is 3. The Morgan fingerprint density at radius 3 is 2.82 bits per heavy atom. The van der Waals surface area contributed by atoms with Crippen molar-refractivity contribution in [1.29, 1.82) is 0 Å². The van der Waals surface area contributed by atoms with Crippen LogP contribution in [0.3, 0.4) is 0 Å². The zero-order valence-corrected chi connectivity index (χ0v) is 9.09. The quantitative estimate of drug-likeness (QED) is 0.702. The summed E-state index contributed by atoms with van der Waals surface area (Å²) >= 11 is 0. The highest BCUT2D eigenvalue weighted by Crippen LogP contribution is 2.18. The zero-order chi connectivity index (χ0) is 11.7. The lowest BCUT2D eigenvalue weighted by molar-refractivity contribution is 0.277. The highest BCUT2D eigenvalue weighted by Gasteiger charge is 2.05. The Hall–Kier alpha value is -2.20. The van der Waals surface area contributed by atoms with E-state index in [1.807, 2.05) is 36.4 Å². The molecule has 0 fully saturated rings. The number of nitrogens with one attached hydrogen (secondary N) is 1. The van der Waals surface area contributed by atoms with E-state index in [-0.39, 0.29) is 6.61 Å². The van der Waals surface area contributed by atoms with Crippen molar-refractivity contribution in [2.24, 2.45) is 0 Å². The molecule has 0 aliphatic heterocycles. The summed E-state index contributed by atoms with van der Waals surface area (Å²) in [6, 6.07) is 11.9.